The molecular formula is C33H56N6O10. The van der Waals surface area contributed by atoms with E-state index in [1.165, 1.54) is 12.2 Å². The zero-order valence-electron chi connectivity index (χ0n) is 29.5. The van der Waals surface area contributed by atoms with Gasteiger partial charge < -0.3 is 43.4 Å². The Bertz CT molecular complexity index is 1100. The molecule has 1 aromatic rings. The Labute approximate surface area is 289 Å². The second-order valence-corrected chi connectivity index (χ2v) is 12.7. The summed E-state index contributed by atoms with van der Waals surface area (Å²) in [5.41, 5.74) is 0.832. The number of hydrogen-bond acceptors (Lipinski definition) is 12. The molecule has 1 fully saturated rings. The number of rotatable bonds is 26. The third-order valence-electron chi connectivity index (χ3n) is 8.03. The number of hydrogen-bond donors (Lipinski definition) is 1. The van der Waals surface area contributed by atoms with Crippen molar-refractivity contribution in [3.8, 4) is 0 Å². The van der Waals surface area contributed by atoms with Gasteiger partial charge in [0, 0.05) is 31.8 Å². The van der Waals surface area contributed by atoms with Crippen molar-refractivity contribution < 1.29 is 47.5 Å². The van der Waals surface area contributed by atoms with Gasteiger partial charge in [-0.15, -0.1) is 5.10 Å². The summed E-state index contributed by atoms with van der Waals surface area (Å²) >= 11 is 0. The summed E-state index contributed by atoms with van der Waals surface area (Å²) in [7, 11) is 0. The van der Waals surface area contributed by atoms with Crippen LogP contribution in [0.15, 0.2) is 18.3 Å². The molecule has 0 aliphatic carbocycles. The molecule has 0 aromatic carbocycles. The van der Waals surface area contributed by atoms with Crippen molar-refractivity contribution in [2.75, 3.05) is 112 Å². The smallest absolute Gasteiger partial charge is 0.317 e. The van der Waals surface area contributed by atoms with Crippen LogP contribution in [0.5, 0.6) is 0 Å². The normalized spacial score (nSPS) is 15.6. The van der Waals surface area contributed by atoms with Crippen molar-refractivity contribution in [2.24, 2.45) is 11.3 Å². The lowest BCUT2D eigenvalue weighted by Gasteiger charge is -2.38. The van der Waals surface area contributed by atoms with Gasteiger partial charge in [0.2, 0.25) is 0 Å². The van der Waals surface area contributed by atoms with Crippen LogP contribution in [-0.4, -0.2) is 155 Å². The first-order valence-corrected chi connectivity index (χ1v) is 17.2. The second kappa shape index (κ2) is 23.4. The minimum absolute atomic E-state index is 0.00608. The Morgan fingerprint density at radius 2 is 1.18 bits per heavy atom. The molecule has 4 amide bonds. The first kappa shape index (κ1) is 40.4. The Hall–Kier alpha value is -2.99. The highest BCUT2D eigenvalue weighted by molar-refractivity contribution is 6.12. The molecule has 0 atom stereocenters. The first-order chi connectivity index (χ1) is 23.7. The maximum atomic E-state index is 12.3. The minimum atomic E-state index is -0.349. The standard InChI is InChI=1S/C33H56N6O10/c1-33(2,3)28-6-9-37(10-7-28)32(42)34-8-12-43-14-16-45-18-20-47-22-24-49-25-23-48-21-19-46-17-15-44-13-11-38-26-29(35-36-38)27-39-30(40)4-5-31(39)41/h4-5,26,28H,6-25,27H2,1-3H3,(H,34,42). The van der Waals surface area contributed by atoms with E-state index >= 15 is 0 Å². The summed E-state index contributed by atoms with van der Waals surface area (Å²) in [5, 5.41) is 10.9. The molecule has 2 aliphatic heterocycles. The fourth-order valence-corrected chi connectivity index (χ4v) is 5.14. The number of amides is 4. The fraction of sp³-hybridized carbons (Fsp3) is 0.788. The predicted molar refractivity (Wildman–Crippen MR) is 178 cm³/mol. The van der Waals surface area contributed by atoms with Gasteiger partial charge in [-0.25, -0.2) is 9.48 Å². The van der Waals surface area contributed by atoms with Gasteiger partial charge in [-0.3, -0.25) is 14.5 Å². The number of likely N-dealkylation sites (tertiary alicyclic amines) is 1. The lowest BCUT2D eigenvalue weighted by Crippen LogP contribution is -2.46. The maximum absolute atomic E-state index is 12.3. The van der Waals surface area contributed by atoms with Crippen molar-refractivity contribution in [1.29, 1.82) is 0 Å². The Morgan fingerprint density at radius 1 is 0.735 bits per heavy atom. The van der Waals surface area contributed by atoms with E-state index < -0.39 is 0 Å². The van der Waals surface area contributed by atoms with Crippen LogP contribution in [0, 0.1) is 11.3 Å². The number of nitrogens with one attached hydrogen (secondary N) is 1. The zero-order valence-corrected chi connectivity index (χ0v) is 29.5. The van der Waals surface area contributed by atoms with Crippen molar-refractivity contribution in [2.45, 2.75) is 46.7 Å². The summed E-state index contributed by atoms with van der Waals surface area (Å²) in [6, 6.07) is -0.00608. The predicted octanol–water partition coefficient (Wildman–Crippen LogP) is 1.29. The molecule has 1 aromatic heterocycles. The number of carbonyl (C=O) groups excluding carboxylic acids is 3. The number of urea groups is 1. The summed E-state index contributed by atoms with van der Waals surface area (Å²) in [6.45, 7) is 16.0. The summed E-state index contributed by atoms with van der Waals surface area (Å²) in [5.74, 6) is -0.0309. The molecule has 1 saturated heterocycles. The van der Waals surface area contributed by atoms with Crippen LogP contribution in [0.4, 0.5) is 4.79 Å². The molecule has 0 bridgehead atoms. The van der Waals surface area contributed by atoms with E-state index in [1.54, 1.807) is 10.9 Å². The average Bonchev–Trinajstić information content (AvgIpc) is 3.67. The SMILES string of the molecule is CC(C)(C)C1CCN(C(=O)NCCOCCOCCOCCOCCOCCOCCOCCn2cc(CN3C(=O)C=CC3=O)nn2)CC1. The third-order valence-corrected chi connectivity index (χ3v) is 8.03. The van der Waals surface area contributed by atoms with Crippen molar-refractivity contribution in [3.05, 3.63) is 24.0 Å². The largest absolute Gasteiger partial charge is 0.377 e. The molecule has 1 N–H and O–H groups in total. The fourth-order valence-electron chi connectivity index (χ4n) is 5.14. The van der Waals surface area contributed by atoms with E-state index in [2.05, 4.69) is 36.4 Å². The molecule has 3 rings (SSSR count). The minimum Gasteiger partial charge on any atom is -0.377 e. The van der Waals surface area contributed by atoms with Crippen LogP contribution in [0.3, 0.4) is 0 Å². The Kier molecular flexibility index (Phi) is 19.3. The number of piperidine rings is 1. The van der Waals surface area contributed by atoms with Gasteiger partial charge in [-0.1, -0.05) is 26.0 Å². The van der Waals surface area contributed by atoms with Gasteiger partial charge in [-0.05, 0) is 24.2 Å². The molecule has 278 valence electrons. The van der Waals surface area contributed by atoms with E-state index in [-0.39, 0.29) is 24.4 Å². The summed E-state index contributed by atoms with van der Waals surface area (Å²) < 4.78 is 40.2. The van der Waals surface area contributed by atoms with Crippen LogP contribution < -0.4 is 5.32 Å². The maximum Gasteiger partial charge on any atom is 0.317 e. The zero-order chi connectivity index (χ0) is 35.2. The highest BCUT2D eigenvalue weighted by atomic mass is 16.6. The number of ether oxygens (including phenoxy) is 7. The lowest BCUT2D eigenvalue weighted by atomic mass is 9.75. The van der Waals surface area contributed by atoms with Gasteiger partial charge in [0.05, 0.1) is 112 Å². The molecule has 16 heteroatoms. The van der Waals surface area contributed by atoms with Crippen LogP contribution in [0.1, 0.15) is 39.3 Å². The first-order valence-electron chi connectivity index (χ1n) is 17.2. The third kappa shape index (κ3) is 17.0. The van der Waals surface area contributed by atoms with Gasteiger partial charge >= 0.3 is 6.03 Å². The van der Waals surface area contributed by atoms with Gasteiger partial charge in [0.25, 0.3) is 11.8 Å². The van der Waals surface area contributed by atoms with Gasteiger partial charge in [-0.2, -0.15) is 0 Å². The molecule has 0 unspecified atom stereocenters. The molecule has 0 radical (unpaired) electrons. The van der Waals surface area contributed by atoms with Crippen LogP contribution in [0.2, 0.25) is 0 Å². The molecule has 49 heavy (non-hydrogen) atoms. The van der Waals surface area contributed by atoms with Crippen molar-refractivity contribution >= 4 is 17.8 Å². The van der Waals surface area contributed by atoms with E-state index in [9.17, 15) is 14.4 Å². The molecule has 3 heterocycles. The second-order valence-electron chi connectivity index (χ2n) is 12.7. The molecule has 2 aliphatic rings. The van der Waals surface area contributed by atoms with E-state index in [4.69, 9.17) is 33.2 Å². The molecule has 0 saturated carbocycles. The van der Waals surface area contributed by atoms with E-state index in [0.717, 1.165) is 30.8 Å². The quantitative estimate of drug-likeness (QED) is 0.109. The Morgan fingerprint density at radius 3 is 1.65 bits per heavy atom. The van der Waals surface area contributed by atoms with Crippen molar-refractivity contribution in [1.82, 2.24) is 30.1 Å². The highest BCUT2D eigenvalue weighted by Crippen LogP contribution is 2.34. The molecule has 0 spiro atoms. The summed E-state index contributed by atoms with van der Waals surface area (Å²) in [4.78, 5) is 38.6. The highest BCUT2D eigenvalue weighted by Gasteiger charge is 2.30. The van der Waals surface area contributed by atoms with Crippen LogP contribution in [-0.2, 0) is 55.8 Å². The number of carbonyl (C=O) groups is 3. The molecule has 16 nitrogen and oxygen atoms in total. The topological polar surface area (TPSA) is 165 Å². The average molecular weight is 697 g/mol. The number of aromatic nitrogens is 3. The van der Waals surface area contributed by atoms with Crippen LogP contribution in [0.25, 0.3) is 0 Å². The Balaban J connectivity index is 0.971. The van der Waals surface area contributed by atoms with Gasteiger partial charge in [0.15, 0.2) is 0 Å². The summed E-state index contributed by atoms with van der Waals surface area (Å²) in [6.07, 6.45) is 6.29. The van der Waals surface area contributed by atoms with E-state index in [0.29, 0.717) is 123 Å². The van der Waals surface area contributed by atoms with E-state index in [1.807, 2.05) is 4.90 Å². The lowest BCUT2D eigenvalue weighted by molar-refractivity contribution is -0.137. The number of imide groups is 1. The van der Waals surface area contributed by atoms with Crippen molar-refractivity contribution in [3.63, 3.8) is 0 Å². The molecular weight excluding hydrogens is 640 g/mol. The monoisotopic (exact) mass is 696 g/mol. The van der Waals surface area contributed by atoms with Gasteiger partial charge in [0.1, 0.15) is 5.69 Å². The number of nitrogens with zero attached hydrogens (tertiary/aromatic N) is 5. The van der Waals surface area contributed by atoms with Crippen LogP contribution >= 0.6 is 0 Å².